The van der Waals surface area contributed by atoms with Crippen LogP contribution in [0.2, 0.25) is 0 Å². The van der Waals surface area contributed by atoms with Crippen LogP contribution in [-0.2, 0) is 0 Å². The van der Waals surface area contributed by atoms with Crippen LogP contribution in [0.4, 0.5) is 11.9 Å². The number of hydrogen-bond donors (Lipinski definition) is 4. The maximum Gasteiger partial charge on any atom is 0.263 e. The molecule has 0 atom stereocenters. The molecule has 24 heavy (non-hydrogen) atoms. The maximum absolute atomic E-state index is 5.70. The van der Waals surface area contributed by atoms with Crippen molar-refractivity contribution >= 4 is 48.1 Å². The van der Waals surface area contributed by atoms with Crippen LogP contribution in [0, 0.1) is 13.8 Å². The highest BCUT2D eigenvalue weighted by atomic mass is 35.5. The SMILES string of the molecule is CC(=NNc1nnc(C)n1N)C(C)=NNc1nnc(C)n1N.Cl.Cl. The molecule has 2 heterocycles. The zero-order valence-electron chi connectivity index (χ0n) is 13.5. The topological polar surface area (TPSA) is 162 Å². The van der Waals surface area contributed by atoms with E-state index in [1.165, 1.54) is 9.35 Å². The molecule has 0 aromatic carbocycles. The minimum atomic E-state index is 0. The summed E-state index contributed by atoms with van der Waals surface area (Å²) in [6.07, 6.45) is 0. The summed E-state index contributed by atoms with van der Waals surface area (Å²) in [4.78, 5) is 0. The Bertz CT molecular complexity index is 668. The molecule has 0 fully saturated rings. The molecule has 0 aliphatic rings. The number of nitrogens with one attached hydrogen (secondary N) is 2. The van der Waals surface area contributed by atoms with Gasteiger partial charge in [0.1, 0.15) is 0 Å². The first-order valence-corrected chi connectivity index (χ1v) is 6.35. The number of nitrogens with two attached hydrogens (primary N) is 2. The molecule has 0 unspecified atom stereocenters. The van der Waals surface area contributed by atoms with Gasteiger partial charge >= 0.3 is 0 Å². The van der Waals surface area contributed by atoms with Crippen LogP contribution >= 0.6 is 24.8 Å². The van der Waals surface area contributed by atoms with Crippen molar-refractivity contribution in [1.82, 2.24) is 29.7 Å². The van der Waals surface area contributed by atoms with E-state index < -0.39 is 0 Å². The summed E-state index contributed by atoms with van der Waals surface area (Å²) in [6.45, 7) is 7.01. The summed E-state index contributed by atoms with van der Waals surface area (Å²) in [7, 11) is 0. The first-order chi connectivity index (χ1) is 10.4. The Hall–Kier alpha value is -2.60. The third kappa shape index (κ3) is 4.70. The normalized spacial score (nSPS) is 11.5. The molecule has 12 nitrogen and oxygen atoms in total. The number of aryl methyl sites for hydroxylation is 2. The molecular weight excluding hydrogens is 359 g/mol. The Morgan fingerprint density at radius 1 is 0.792 bits per heavy atom. The van der Waals surface area contributed by atoms with Gasteiger partial charge in [-0.2, -0.15) is 10.2 Å². The molecule has 134 valence electrons. The van der Waals surface area contributed by atoms with Crippen LogP contribution in [0.25, 0.3) is 0 Å². The van der Waals surface area contributed by atoms with E-state index in [0.29, 0.717) is 35.0 Å². The predicted molar refractivity (Wildman–Crippen MR) is 97.8 cm³/mol. The summed E-state index contributed by atoms with van der Waals surface area (Å²) in [5.41, 5.74) is 6.66. The van der Waals surface area contributed by atoms with Crippen LogP contribution in [0.1, 0.15) is 25.5 Å². The lowest BCUT2D eigenvalue weighted by atomic mass is 10.3. The highest BCUT2D eigenvalue weighted by Crippen LogP contribution is 2.02. The number of aromatic nitrogens is 6. The number of nitrogen functional groups attached to an aromatic ring is 2. The lowest BCUT2D eigenvalue weighted by molar-refractivity contribution is 0.925. The molecule has 14 heteroatoms. The van der Waals surface area contributed by atoms with Crippen LogP contribution < -0.4 is 22.5 Å². The van der Waals surface area contributed by atoms with Crippen molar-refractivity contribution in [2.45, 2.75) is 27.7 Å². The highest BCUT2D eigenvalue weighted by molar-refractivity contribution is 6.40. The van der Waals surface area contributed by atoms with Crippen molar-refractivity contribution in [3.05, 3.63) is 11.6 Å². The summed E-state index contributed by atoms with van der Waals surface area (Å²) < 4.78 is 2.59. The fraction of sp³-hybridized carbons (Fsp3) is 0.400. The zero-order valence-corrected chi connectivity index (χ0v) is 15.2. The lowest BCUT2D eigenvalue weighted by Gasteiger charge is -2.04. The minimum Gasteiger partial charge on any atom is -0.335 e. The number of hydrazone groups is 2. The van der Waals surface area contributed by atoms with E-state index in [1.807, 2.05) is 0 Å². The van der Waals surface area contributed by atoms with Crippen LogP contribution in [0.15, 0.2) is 10.2 Å². The third-order valence-corrected chi connectivity index (χ3v) is 2.90. The summed E-state index contributed by atoms with van der Waals surface area (Å²) in [6, 6.07) is 0. The molecule has 2 aromatic heterocycles. The predicted octanol–water partition coefficient (Wildman–Crippen LogP) is 0.0334. The Labute approximate surface area is 150 Å². The second-order valence-electron chi connectivity index (χ2n) is 4.50. The van der Waals surface area contributed by atoms with Gasteiger partial charge in [0, 0.05) is 0 Å². The molecule has 0 aliphatic carbocycles. The van der Waals surface area contributed by atoms with Crippen LogP contribution in [0.3, 0.4) is 0 Å². The Morgan fingerprint density at radius 2 is 1.12 bits per heavy atom. The summed E-state index contributed by atoms with van der Waals surface area (Å²) in [5, 5.41) is 23.5. The van der Waals surface area contributed by atoms with Gasteiger partial charge in [-0.15, -0.1) is 45.2 Å². The van der Waals surface area contributed by atoms with E-state index in [-0.39, 0.29) is 24.8 Å². The molecule has 0 saturated carbocycles. The quantitative estimate of drug-likeness (QED) is 0.321. The van der Waals surface area contributed by atoms with Gasteiger partial charge in [0.25, 0.3) is 11.9 Å². The van der Waals surface area contributed by atoms with Gasteiger partial charge in [-0.05, 0) is 27.7 Å². The molecule has 6 N–H and O–H groups in total. The van der Waals surface area contributed by atoms with Crippen molar-refractivity contribution in [3.8, 4) is 0 Å². The molecule has 0 bridgehead atoms. The summed E-state index contributed by atoms with van der Waals surface area (Å²) >= 11 is 0. The van der Waals surface area contributed by atoms with Crippen LogP contribution in [0.5, 0.6) is 0 Å². The Kier molecular flexibility index (Phi) is 7.92. The molecular formula is C10H20Cl2N12. The van der Waals surface area contributed by atoms with E-state index in [9.17, 15) is 0 Å². The van der Waals surface area contributed by atoms with E-state index in [0.717, 1.165) is 0 Å². The Balaban J connectivity index is 0.00000264. The molecule has 0 aliphatic heterocycles. The van der Waals surface area contributed by atoms with Gasteiger partial charge in [0.15, 0.2) is 11.6 Å². The number of anilines is 2. The monoisotopic (exact) mass is 378 g/mol. The largest absolute Gasteiger partial charge is 0.335 e. The van der Waals surface area contributed by atoms with Crippen molar-refractivity contribution in [3.63, 3.8) is 0 Å². The molecule has 2 rings (SSSR count). The molecule has 0 amide bonds. The standard InChI is InChI=1S/C10H18N12.2ClH/c1-5(13-17-9-19-15-7(3)21(9)11)6(2)14-18-10-20-16-8(4)22(10)12;;/h11-12H2,1-4H3,(H,17,19)(H,18,20);2*1H. The highest BCUT2D eigenvalue weighted by Gasteiger charge is 2.06. The van der Waals surface area contributed by atoms with E-state index in [2.05, 4.69) is 41.4 Å². The first-order valence-electron chi connectivity index (χ1n) is 6.35. The van der Waals surface area contributed by atoms with Gasteiger partial charge in [-0.3, -0.25) is 0 Å². The van der Waals surface area contributed by atoms with Crippen molar-refractivity contribution in [2.24, 2.45) is 10.2 Å². The van der Waals surface area contributed by atoms with Gasteiger partial charge < -0.3 is 11.7 Å². The number of rotatable bonds is 5. The maximum atomic E-state index is 5.70. The average Bonchev–Trinajstić information content (AvgIpc) is 2.99. The number of halogens is 2. The fourth-order valence-corrected chi connectivity index (χ4v) is 1.32. The first kappa shape index (κ1) is 21.4. The van der Waals surface area contributed by atoms with Gasteiger partial charge in [0.2, 0.25) is 0 Å². The smallest absolute Gasteiger partial charge is 0.263 e. The summed E-state index contributed by atoms with van der Waals surface area (Å²) in [5.74, 6) is 13.2. The van der Waals surface area contributed by atoms with E-state index >= 15 is 0 Å². The molecule has 0 radical (unpaired) electrons. The van der Waals surface area contributed by atoms with Crippen molar-refractivity contribution in [2.75, 3.05) is 22.5 Å². The van der Waals surface area contributed by atoms with Crippen molar-refractivity contribution in [1.29, 1.82) is 0 Å². The number of nitrogens with zero attached hydrogens (tertiary/aromatic N) is 8. The van der Waals surface area contributed by atoms with Crippen molar-refractivity contribution < 1.29 is 0 Å². The second kappa shape index (κ2) is 8.88. The van der Waals surface area contributed by atoms with Crippen LogP contribution in [-0.4, -0.2) is 41.2 Å². The third-order valence-electron chi connectivity index (χ3n) is 2.90. The Morgan fingerprint density at radius 3 is 1.38 bits per heavy atom. The van der Waals surface area contributed by atoms with Gasteiger partial charge in [-0.1, -0.05) is 0 Å². The molecule has 2 aromatic rings. The van der Waals surface area contributed by atoms with E-state index in [1.54, 1.807) is 27.7 Å². The fourth-order valence-electron chi connectivity index (χ4n) is 1.32. The zero-order chi connectivity index (χ0) is 16.3. The molecule has 0 saturated heterocycles. The molecule has 0 spiro atoms. The van der Waals surface area contributed by atoms with E-state index in [4.69, 9.17) is 11.7 Å². The second-order valence-corrected chi connectivity index (χ2v) is 4.50. The number of hydrogen-bond acceptors (Lipinski definition) is 10. The average molecular weight is 379 g/mol. The lowest BCUT2D eigenvalue weighted by Crippen LogP contribution is -2.17. The van der Waals surface area contributed by atoms with Gasteiger partial charge in [-0.25, -0.2) is 20.2 Å². The van der Waals surface area contributed by atoms with Gasteiger partial charge in [0.05, 0.1) is 11.4 Å². The minimum absolute atomic E-state index is 0.